The zero-order valence-corrected chi connectivity index (χ0v) is 31.2. The molecule has 1 aromatic carbocycles. The molecule has 0 radical (unpaired) electrons. The van der Waals surface area contributed by atoms with Crippen molar-refractivity contribution in [2.75, 3.05) is 32.9 Å². The van der Waals surface area contributed by atoms with Crippen molar-refractivity contribution in [1.29, 1.82) is 0 Å². The molecule has 1 heterocycles. The second-order valence-corrected chi connectivity index (χ2v) is 12.7. The minimum absolute atomic E-state index is 0.0864. The average molecular weight is 971 g/mol. The van der Waals surface area contributed by atoms with Crippen LogP contribution in [-0.4, -0.2) is 97.9 Å². The topological polar surface area (TPSA) is 205 Å². The third kappa shape index (κ3) is 12.4. The molecule has 0 bridgehead atoms. The second kappa shape index (κ2) is 18.7. The van der Waals surface area contributed by atoms with E-state index < -0.39 is 54.0 Å². The van der Waals surface area contributed by atoms with E-state index in [2.05, 4.69) is 15.6 Å². The number of halogens is 3. The van der Waals surface area contributed by atoms with E-state index in [1.54, 1.807) is 0 Å². The molecule has 0 aromatic heterocycles. The van der Waals surface area contributed by atoms with Crippen molar-refractivity contribution in [2.45, 2.75) is 58.8 Å². The van der Waals surface area contributed by atoms with E-state index >= 15 is 0 Å². The van der Waals surface area contributed by atoms with Crippen LogP contribution < -0.4 is 10.6 Å². The van der Waals surface area contributed by atoms with Crippen molar-refractivity contribution in [2.24, 2.45) is 4.99 Å². The van der Waals surface area contributed by atoms with Gasteiger partial charge in [-0.3, -0.25) is 28.8 Å². The summed E-state index contributed by atoms with van der Waals surface area (Å²) >= 11 is 5.74. The molecule has 0 saturated carbocycles. The minimum Gasteiger partial charge on any atom is -0.475 e. The summed E-state index contributed by atoms with van der Waals surface area (Å²) < 4.78 is 26.9. The molecule has 0 spiro atoms. The van der Waals surface area contributed by atoms with E-state index in [4.69, 9.17) is 23.7 Å². The number of aliphatic imine (C=N–C) groups is 1. The fourth-order valence-corrected chi connectivity index (χ4v) is 8.21. The van der Waals surface area contributed by atoms with Crippen LogP contribution in [0.25, 0.3) is 0 Å². The monoisotopic (exact) mass is 971 g/mol. The Morgan fingerprint density at radius 2 is 1.24 bits per heavy atom. The van der Waals surface area contributed by atoms with Gasteiger partial charge in [-0.2, -0.15) is 0 Å². The number of nitrogens with zero attached hydrogens (tertiary/aromatic N) is 1. The maximum Gasteiger partial charge on any atom is 0.303 e. The van der Waals surface area contributed by atoms with Gasteiger partial charge >= 0.3 is 23.9 Å². The van der Waals surface area contributed by atoms with Crippen LogP contribution in [0.5, 0.6) is 0 Å². The van der Waals surface area contributed by atoms with Crippen LogP contribution in [0.1, 0.15) is 61.3 Å². The third-order valence-electron chi connectivity index (χ3n) is 5.76. The lowest BCUT2D eigenvalue weighted by Crippen LogP contribution is -2.39. The molecule has 3 atom stereocenters. The number of esters is 4. The number of ether oxygens (including phenoxy) is 5. The number of rotatable bonds is 14. The quantitative estimate of drug-likeness (QED) is 0.140. The second-order valence-electron chi connectivity index (χ2n) is 9.50. The van der Waals surface area contributed by atoms with Crippen LogP contribution in [0, 0.1) is 10.7 Å². The molecule has 1 aliphatic rings. The standard InChI is InChI=1S/C27H32I3N3O12/c1-12(35)41-10-17(43-14(3)37)7-31-26(39)20-22(28)21(27(40)32-8-18(44-15(4)38)11-42-13(2)36)24(30)25(23(20)29)33-19-6-5-16(9-34)45-19/h16-18,34H,5-11H2,1-4H3,(H,31,39)(H,32,40). The third-order valence-corrected chi connectivity index (χ3v) is 8.94. The Kier molecular flexibility index (Phi) is 16.2. The smallest absolute Gasteiger partial charge is 0.303 e. The van der Waals surface area contributed by atoms with Crippen molar-refractivity contribution in [3.8, 4) is 0 Å². The normalized spacial score (nSPS) is 16.2. The molecule has 3 N–H and O–H groups in total. The van der Waals surface area contributed by atoms with E-state index in [1.165, 1.54) is 27.7 Å². The first-order valence-electron chi connectivity index (χ1n) is 13.4. The summed E-state index contributed by atoms with van der Waals surface area (Å²) in [6.07, 6.45) is -1.43. The SMILES string of the molecule is CC(=O)OCC(CNC(=O)c1c(I)c(N=C2CCC(CO)O2)c(I)c(C(=O)NCC(COC(C)=O)OC(C)=O)c1I)OC(C)=O. The summed E-state index contributed by atoms with van der Waals surface area (Å²) in [7, 11) is 0. The Labute approximate surface area is 299 Å². The minimum atomic E-state index is -0.977. The van der Waals surface area contributed by atoms with E-state index in [1.807, 2.05) is 67.8 Å². The molecule has 18 heteroatoms. The number of aliphatic hydroxyl groups is 1. The number of amides is 2. The van der Waals surface area contributed by atoms with Gasteiger partial charge in [0, 0.05) is 37.7 Å². The van der Waals surface area contributed by atoms with Crippen LogP contribution in [-0.2, 0) is 42.9 Å². The van der Waals surface area contributed by atoms with Crippen LogP contribution in [0.15, 0.2) is 4.99 Å². The van der Waals surface area contributed by atoms with Crippen molar-refractivity contribution < 1.29 is 57.6 Å². The van der Waals surface area contributed by atoms with Gasteiger partial charge in [0.05, 0.1) is 43.7 Å². The van der Waals surface area contributed by atoms with Gasteiger partial charge in [0.2, 0.25) is 0 Å². The van der Waals surface area contributed by atoms with Gasteiger partial charge in [-0.1, -0.05) is 0 Å². The highest BCUT2D eigenvalue weighted by atomic mass is 127. The molecule has 1 fully saturated rings. The number of aliphatic hydroxyl groups excluding tert-OH is 1. The Morgan fingerprint density at radius 3 is 1.60 bits per heavy atom. The number of benzene rings is 1. The Hall–Kier alpha value is -2.34. The number of nitrogens with one attached hydrogen (secondary N) is 2. The molecule has 0 aliphatic carbocycles. The summed E-state index contributed by atoms with van der Waals surface area (Å²) in [5, 5.41) is 14.8. The van der Waals surface area contributed by atoms with E-state index in [0.717, 1.165) is 0 Å². The molecular formula is C27H32I3N3O12. The van der Waals surface area contributed by atoms with E-state index in [9.17, 15) is 33.9 Å². The summed E-state index contributed by atoms with van der Waals surface area (Å²) in [6.45, 7) is 3.53. The zero-order valence-electron chi connectivity index (χ0n) is 24.7. The molecule has 2 rings (SSSR count). The predicted octanol–water partition coefficient (Wildman–Crippen LogP) is 2.15. The Morgan fingerprint density at radius 1 is 0.800 bits per heavy atom. The molecule has 1 aromatic rings. The fourth-order valence-electron chi connectivity index (χ4n) is 3.83. The van der Waals surface area contributed by atoms with Crippen LogP contribution in [0.4, 0.5) is 5.69 Å². The molecule has 1 saturated heterocycles. The largest absolute Gasteiger partial charge is 0.475 e. The first-order valence-corrected chi connectivity index (χ1v) is 16.6. The van der Waals surface area contributed by atoms with Crippen molar-refractivity contribution >= 4 is 115 Å². The highest BCUT2D eigenvalue weighted by molar-refractivity contribution is 14.1. The lowest BCUT2D eigenvalue weighted by molar-refractivity contribution is -0.155. The average Bonchev–Trinajstić information content (AvgIpc) is 3.41. The number of hydrogen-bond acceptors (Lipinski definition) is 13. The van der Waals surface area contributed by atoms with Crippen molar-refractivity contribution in [3.63, 3.8) is 0 Å². The van der Waals surface area contributed by atoms with Crippen LogP contribution in [0.3, 0.4) is 0 Å². The first kappa shape index (κ1) is 38.8. The van der Waals surface area contributed by atoms with Gasteiger partial charge < -0.3 is 39.4 Å². The highest BCUT2D eigenvalue weighted by Gasteiger charge is 2.30. The summed E-state index contributed by atoms with van der Waals surface area (Å²) in [5.41, 5.74) is 0.445. The van der Waals surface area contributed by atoms with Gasteiger partial charge in [-0.25, -0.2) is 4.99 Å². The Balaban J connectivity index is 2.50. The van der Waals surface area contributed by atoms with Crippen molar-refractivity contribution in [1.82, 2.24) is 10.6 Å². The number of hydrogen-bond donors (Lipinski definition) is 3. The summed E-state index contributed by atoms with van der Waals surface area (Å²) in [4.78, 5) is 77.5. The van der Waals surface area contributed by atoms with E-state index in [-0.39, 0.29) is 53.3 Å². The number of carbonyl (C=O) groups excluding carboxylic acids is 6. The lowest BCUT2D eigenvalue weighted by Gasteiger charge is -2.21. The molecule has 248 valence electrons. The lowest BCUT2D eigenvalue weighted by atomic mass is 10.1. The van der Waals surface area contributed by atoms with Gasteiger partial charge in [0.15, 0.2) is 18.1 Å². The van der Waals surface area contributed by atoms with Gasteiger partial charge in [0.25, 0.3) is 11.8 Å². The Bertz CT molecular complexity index is 1270. The molecular weight excluding hydrogens is 939 g/mol. The molecule has 3 unspecified atom stereocenters. The fraction of sp³-hybridized carbons (Fsp3) is 0.519. The maximum atomic E-state index is 13.6. The maximum absolute atomic E-state index is 13.6. The van der Waals surface area contributed by atoms with Gasteiger partial charge in [-0.15, -0.1) is 0 Å². The van der Waals surface area contributed by atoms with E-state index in [0.29, 0.717) is 25.9 Å². The zero-order chi connectivity index (χ0) is 33.8. The molecule has 2 amide bonds. The number of carbonyl (C=O) groups is 6. The van der Waals surface area contributed by atoms with Crippen molar-refractivity contribution in [3.05, 3.63) is 21.8 Å². The van der Waals surface area contributed by atoms with Crippen LogP contribution in [0.2, 0.25) is 0 Å². The van der Waals surface area contributed by atoms with Crippen LogP contribution >= 0.6 is 67.8 Å². The molecule has 45 heavy (non-hydrogen) atoms. The molecule has 1 aliphatic heterocycles. The summed E-state index contributed by atoms with van der Waals surface area (Å²) in [6, 6.07) is 0. The first-order chi connectivity index (χ1) is 21.1. The molecule has 15 nitrogen and oxygen atoms in total. The predicted molar refractivity (Wildman–Crippen MR) is 182 cm³/mol. The van der Waals surface area contributed by atoms with Gasteiger partial charge in [-0.05, 0) is 74.2 Å². The summed E-state index contributed by atoms with van der Waals surface area (Å²) in [5.74, 6) is -3.43. The highest BCUT2D eigenvalue weighted by Crippen LogP contribution is 2.38. The van der Waals surface area contributed by atoms with Gasteiger partial charge in [0.1, 0.15) is 19.3 Å².